The van der Waals surface area contributed by atoms with Crippen molar-refractivity contribution in [3.05, 3.63) is 0 Å². The SMILES string of the molecule is CCNCC(CC)(CC)CN(CC)C(C)C. The van der Waals surface area contributed by atoms with Gasteiger partial charge in [-0.2, -0.15) is 0 Å². The molecule has 0 saturated carbocycles. The van der Waals surface area contributed by atoms with Crippen molar-refractivity contribution in [3.8, 4) is 0 Å². The Kier molecular flexibility index (Phi) is 8.04. The minimum atomic E-state index is 0.455. The fraction of sp³-hybridized carbons (Fsp3) is 1.00. The summed E-state index contributed by atoms with van der Waals surface area (Å²) in [5.41, 5.74) is 0.455. The average molecular weight is 228 g/mol. The van der Waals surface area contributed by atoms with Crippen LogP contribution in [0, 0.1) is 5.41 Å². The summed E-state index contributed by atoms with van der Waals surface area (Å²) < 4.78 is 0. The molecule has 0 spiro atoms. The first-order valence-corrected chi connectivity index (χ1v) is 7.00. The van der Waals surface area contributed by atoms with Crippen LogP contribution in [-0.2, 0) is 0 Å². The lowest BCUT2D eigenvalue weighted by Crippen LogP contribution is -2.45. The minimum absolute atomic E-state index is 0.455. The Bertz CT molecular complexity index is 162. The van der Waals surface area contributed by atoms with Crippen molar-refractivity contribution in [3.63, 3.8) is 0 Å². The van der Waals surface area contributed by atoms with Crippen molar-refractivity contribution < 1.29 is 0 Å². The van der Waals surface area contributed by atoms with Crippen LogP contribution in [0.3, 0.4) is 0 Å². The van der Waals surface area contributed by atoms with E-state index < -0.39 is 0 Å². The van der Waals surface area contributed by atoms with Crippen molar-refractivity contribution in [1.29, 1.82) is 0 Å². The van der Waals surface area contributed by atoms with Crippen LogP contribution in [0.2, 0.25) is 0 Å². The number of rotatable bonds is 9. The second-order valence-corrected chi connectivity index (χ2v) is 5.14. The molecular formula is C14H32N2. The Morgan fingerprint density at radius 3 is 1.94 bits per heavy atom. The van der Waals surface area contributed by atoms with Crippen molar-refractivity contribution in [1.82, 2.24) is 10.2 Å². The molecule has 0 aliphatic heterocycles. The van der Waals surface area contributed by atoms with Crippen LogP contribution in [-0.4, -0.2) is 37.1 Å². The second kappa shape index (κ2) is 8.08. The molecule has 0 aliphatic rings. The maximum Gasteiger partial charge on any atom is 0.00525 e. The summed E-state index contributed by atoms with van der Waals surface area (Å²) in [6.45, 7) is 18.3. The van der Waals surface area contributed by atoms with Gasteiger partial charge in [0, 0.05) is 19.1 Å². The van der Waals surface area contributed by atoms with Crippen LogP contribution >= 0.6 is 0 Å². The summed E-state index contributed by atoms with van der Waals surface area (Å²) in [5, 5.41) is 3.53. The highest BCUT2D eigenvalue weighted by Crippen LogP contribution is 2.27. The molecule has 1 N–H and O–H groups in total. The zero-order chi connectivity index (χ0) is 12.6. The number of hydrogen-bond acceptors (Lipinski definition) is 2. The van der Waals surface area contributed by atoms with Crippen molar-refractivity contribution in [2.24, 2.45) is 5.41 Å². The third-order valence-electron chi connectivity index (χ3n) is 3.92. The number of nitrogens with zero attached hydrogens (tertiary/aromatic N) is 1. The van der Waals surface area contributed by atoms with Crippen LogP contribution in [0.1, 0.15) is 54.4 Å². The van der Waals surface area contributed by atoms with Gasteiger partial charge in [0.25, 0.3) is 0 Å². The predicted octanol–water partition coefficient (Wildman–Crippen LogP) is 3.13. The molecule has 98 valence electrons. The standard InChI is InChI=1S/C14H32N2/c1-7-14(8-2,11-15-9-3)12-16(10-4)13(5)6/h13,15H,7-12H2,1-6H3. The van der Waals surface area contributed by atoms with Gasteiger partial charge in [-0.15, -0.1) is 0 Å². The van der Waals surface area contributed by atoms with Gasteiger partial charge in [0.1, 0.15) is 0 Å². The average Bonchev–Trinajstić information content (AvgIpc) is 2.30. The van der Waals surface area contributed by atoms with Gasteiger partial charge >= 0.3 is 0 Å². The summed E-state index contributed by atoms with van der Waals surface area (Å²) >= 11 is 0. The van der Waals surface area contributed by atoms with E-state index in [4.69, 9.17) is 0 Å². The van der Waals surface area contributed by atoms with Gasteiger partial charge < -0.3 is 10.2 Å². The number of hydrogen-bond donors (Lipinski definition) is 1. The number of nitrogens with one attached hydrogen (secondary N) is 1. The van der Waals surface area contributed by atoms with Crippen molar-refractivity contribution in [2.75, 3.05) is 26.2 Å². The molecule has 0 amide bonds. The Hall–Kier alpha value is -0.0800. The molecule has 0 saturated heterocycles. The Labute approximate surface area is 103 Å². The molecule has 0 heterocycles. The highest BCUT2D eigenvalue weighted by Gasteiger charge is 2.28. The molecule has 0 rings (SSSR count). The van der Waals surface area contributed by atoms with Crippen LogP contribution < -0.4 is 5.32 Å². The van der Waals surface area contributed by atoms with E-state index >= 15 is 0 Å². The molecule has 0 fully saturated rings. The van der Waals surface area contributed by atoms with Gasteiger partial charge in [-0.05, 0) is 45.2 Å². The third kappa shape index (κ3) is 4.84. The first-order valence-electron chi connectivity index (χ1n) is 7.00. The Morgan fingerprint density at radius 2 is 1.62 bits per heavy atom. The molecule has 0 aromatic heterocycles. The molecule has 0 unspecified atom stereocenters. The highest BCUT2D eigenvalue weighted by atomic mass is 15.2. The second-order valence-electron chi connectivity index (χ2n) is 5.14. The Balaban J connectivity index is 4.50. The van der Waals surface area contributed by atoms with Gasteiger partial charge in [-0.3, -0.25) is 0 Å². The molecule has 0 aromatic rings. The molecule has 0 bridgehead atoms. The quantitative estimate of drug-likeness (QED) is 0.652. The topological polar surface area (TPSA) is 15.3 Å². The summed E-state index contributed by atoms with van der Waals surface area (Å²) in [7, 11) is 0. The van der Waals surface area contributed by atoms with Crippen LogP contribution in [0.25, 0.3) is 0 Å². The Morgan fingerprint density at radius 1 is 1.06 bits per heavy atom. The van der Waals surface area contributed by atoms with E-state index in [0.717, 1.165) is 19.6 Å². The first kappa shape index (κ1) is 15.9. The fourth-order valence-electron chi connectivity index (χ4n) is 2.26. The van der Waals surface area contributed by atoms with Crippen LogP contribution in [0.15, 0.2) is 0 Å². The molecule has 0 radical (unpaired) electrons. The van der Waals surface area contributed by atoms with Gasteiger partial charge in [0.15, 0.2) is 0 Å². The van der Waals surface area contributed by atoms with Gasteiger partial charge in [0.2, 0.25) is 0 Å². The monoisotopic (exact) mass is 228 g/mol. The van der Waals surface area contributed by atoms with E-state index in [1.165, 1.54) is 19.4 Å². The summed E-state index contributed by atoms with van der Waals surface area (Å²) in [4.78, 5) is 2.59. The summed E-state index contributed by atoms with van der Waals surface area (Å²) in [6.07, 6.45) is 2.53. The zero-order valence-electron chi connectivity index (χ0n) is 12.3. The highest BCUT2D eigenvalue weighted by molar-refractivity contribution is 4.83. The predicted molar refractivity (Wildman–Crippen MR) is 73.9 cm³/mol. The molecule has 16 heavy (non-hydrogen) atoms. The maximum absolute atomic E-state index is 3.53. The smallest absolute Gasteiger partial charge is 0.00525 e. The van der Waals surface area contributed by atoms with Crippen LogP contribution in [0.4, 0.5) is 0 Å². The minimum Gasteiger partial charge on any atom is -0.316 e. The summed E-state index contributed by atoms with van der Waals surface area (Å²) in [6, 6.07) is 0.657. The third-order valence-corrected chi connectivity index (χ3v) is 3.92. The van der Waals surface area contributed by atoms with E-state index in [0.29, 0.717) is 11.5 Å². The maximum atomic E-state index is 3.53. The van der Waals surface area contributed by atoms with Gasteiger partial charge in [0.05, 0.1) is 0 Å². The van der Waals surface area contributed by atoms with E-state index in [9.17, 15) is 0 Å². The van der Waals surface area contributed by atoms with Crippen molar-refractivity contribution in [2.45, 2.75) is 60.4 Å². The largest absolute Gasteiger partial charge is 0.316 e. The van der Waals surface area contributed by atoms with Gasteiger partial charge in [-0.1, -0.05) is 27.7 Å². The van der Waals surface area contributed by atoms with E-state index in [-0.39, 0.29) is 0 Å². The van der Waals surface area contributed by atoms with Crippen molar-refractivity contribution >= 4 is 0 Å². The molecular weight excluding hydrogens is 196 g/mol. The molecule has 2 heteroatoms. The van der Waals surface area contributed by atoms with E-state index in [1.807, 2.05) is 0 Å². The van der Waals surface area contributed by atoms with E-state index in [2.05, 4.69) is 51.8 Å². The molecule has 0 atom stereocenters. The first-order chi connectivity index (χ1) is 7.55. The molecule has 2 nitrogen and oxygen atoms in total. The molecule has 0 aromatic carbocycles. The van der Waals surface area contributed by atoms with Crippen LogP contribution in [0.5, 0.6) is 0 Å². The van der Waals surface area contributed by atoms with Gasteiger partial charge in [-0.25, -0.2) is 0 Å². The summed E-state index contributed by atoms with van der Waals surface area (Å²) in [5.74, 6) is 0. The molecule has 0 aliphatic carbocycles. The lowest BCUT2D eigenvalue weighted by atomic mass is 9.81. The fourth-order valence-corrected chi connectivity index (χ4v) is 2.26. The lowest BCUT2D eigenvalue weighted by molar-refractivity contribution is 0.115. The normalized spacial score (nSPS) is 12.8. The zero-order valence-corrected chi connectivity index (χ0v) is 12.3. The lowest BCUT2D eigenvalue weighted by Gasteiger charge is -2.39. The van der Waals surface area contributed by atoms with E-state index in [1.54, 1.807) is 0 Å².